The summed E-state index contributed by atoms with van der Waals surface area (Å²) in [7, 11) is 0. The Morgan fingerprint density at radius 1 is 1.22 bits per heavy atom. The highest BCUT2D eigenvalue weighted by Gasteiger charge is 2.19. The lowest BCUT2D eigenvalue weighted by Gasteiger charge is -2.27. The van der Waals surface area contributed by atoms with Crippen LogP contribution in [0.1, 0.15) is 10.4 Å². The lowest BCUT2D eigenvalue weighted by molar-refractivity contribution is 0.0126. The molecule has 3 rings (SSSR count). The van der Waals surface area contributed by atoms with Crippen LogP contribution in [0.5, 0.6) is 0 Å². The number of amides is 1. The van der Waals surface area contributed by atoms with Crippen LogP contribution in [0, 0.1) is 0 Å². The molecule has 0 atom stereocenters. The van der Waals surface area contributed by atoms with Gasteiger partial charge in [-0.25, -0.2) is 5.01 Å². The van der Waals surface area contributed by atoms with Gasteiger partial charge >= 0.3 is 0 Å². The number of carbonyl (C=O) groups excluding carboxylic acids is 1. The predicted molar refractivity (Wildman–Crippen MR) is 65.2 cm³/mol. The van der Waals surface area contributed by atoms with Gasteiger partial charge < -0.3 is 9.15 Å². The van der Waals surface area contributed by atoms with Crippen molar-refractivity contribution in [2.75, 3.05) is 26.3 Å². The van der Waals surface area contributed by atoms with E-state index in [-0.39, 0.29) is 5.91 Å². The SMILES string of the molecule is O=C(NN1CCOCC1)c1cocc2cccc1-2. The van der Waals surface area contributed by atoms with Gasteiger partial charge in [-0.3, -0.25) is 10.2 Å². The molecule has 0 radical (unpaired) electrons. The van der Waals surface area contributed by atoms with E-state index in [0.29, 0.717) is 31.9 Å². The average Bonchev–Trinajstić information content (AvgIpc) is 2.87. The van der Waals surface area contributed by atoms with Crippen LogP contribution in [0.3, 0.4) is 0 Å². The van der Waals surface area contributed by atoms with Gasteiger partial charge in [0.25, 0.3) is 5.91 Å². The van der Waals surface area contributed by atoms with Gasteiger partial charge in [0.1, 0.15) is 6.26 Å². The van der Waals surface area contributed by atoms with Crippen LogP contribution in [0.4, 0.5) is 0 Å². The molecule has 0 aromatic carbocycles. The van der Waals surface area contributed by atoms with Crippen LogP contribution >= 0.6 is 0 Å². The van der Waals surface area contributed by atoms with Gasteiger partial charge in [-0.1, -0.05) is 18.2 Å². The van der Waals surface area contributed by atoms with Crippen molar-refractivity contribution in [2.45, 2.75) is 0 Å². The van der Waals surface area contributed by atoms with Crippen molar-refractivity contribution in [3.05, 3.63) is 36.3 Å². The highest BCUT2D eigenvalue weighted by atomic mass is 16.5. The molecular weight excluding hydrogens is 232 g/mol. The zero-order valence-corrected chi connectivity index (χ0v) is 9.89. The second-order valence-electron chi connectivity index (χ2n) is 4.22. The van der Waals surface area contributed by atoms with Gasteiger partial charge in [0.15, 0.2) is 0 Å². The maximum Gasteiger partial charge on any atom is 0.269 e. The number of ether oxygens (including phenoxy) is 1. The fourth-order valence-electron chi connectivity index (χ4n) is 2.08. The number of fused-ring (bicyclic) bond motifs is 1. The Hall–Kier alpha value is -1.85. The minimum atomic E-state index is -0.141. The normalized spacial score (nSPS) is 16.9. The van der Waals surface area contributed by atoms with Crippen LogP contribution in [-0.2, 0) is 4.74 Å². The van der Waals surface area contributed by atoms with Crippen LogP contribution in [0.2, 0.25) is 0 Å². The third-order valence-electron chi connectivity index (χ3n) is 3.04. The lowest BCUT2D eigenvalue weighted by Crippen LogP contribution is -2.48. The van der Waals surface area contributed by atoms with Crippen molar-refractivity contribution in [3.63, 3.8) is 0 Å². The molecule has 0 aromatic rings. The van der Waals surface area contributed by atoms with Crippen molar-refractivity contribution in [2.24, 2.45) is 0 Å². The number of nitrogens with zero attached hydrogens (tertiary/aromatic N) is 1. The molecule has 94 valence electrons. The number of hydrogen-bond acceptors (Lipinski definition) is 4. The molecule has 1 saturated heterocycles. The van der Waals surface area contributed by atoms with Gasteiger partial charge in [-0.15, -0.1) is 0 Å². The molecule has 5 heteroatoms. The standard InChI is InChI=1S/C13H14N2O3/c16-13(14-15-4-6-17-7-5-15)12-9-18-8-10-2-1-3-11(10)12/h1-3,8-9H,4-7H2,(H,14,16). The fourth-order valence-corrected chi connectivity index (χ4v) is 2.08. The molecule has 0 bridgehead atoms. The van der Waals surface area contributed by atoms with Gasteiger partial charge in [-0.05, 0) is 0 Å². The molecule has 1 fully saturated rings. The predicted octanol–water partition coefficient (Wildman–Crippen LogP) is 1.36. The first-order chi connectivity index (χ1) is 8.84. The topological polar surface area (TPSA) is 54.7 Å². The Kier molecular flexibility index (Phi) is 3.00. The minimum absolute atomic E-state index is 0.141. The minimum Gasteiger partial charge on any atom is -0.471 e. The van der Waals surface area contributed by atoms with E-state index in [1.165, 1.54) is 6.26 Å². The Balaban J connectivity index is 1.77. The molecule has 0 aromatic heterocycles. The van der Waals surface area contributed by atoms with Crippen LogP contribution in [-0.4, -0.2) is 37.2 Å². The fraction of sp³-hybridized carbons (Fsp3) is 0.308. The zero-order chi connectivity index (χ0) is 12.4. The summed E-state index contributed by atoms with van der Waals surface area (Å²) in [6.07, 6.45) is 3.12. The summed E-state index contributed by atoms with van der Waals surface area (Å²) in [5.74, 6) is -0.141. The molecule has 1 N–H and O–H groups in total. The van der Waals surface area contributed by atoms with E-state index >= 15 is 0 Å². The van der Waals surface area contributed by atoms with E-state index in [0.717, 1.165) is 11.1 Å². The summed E-state index contributed by atoms with van der Waals surface area (Å²) in [5.41, 5.74) is 5.27. The maximum absolute atomic E-state index is 12.2. The first-order valence-electron chi connectivity index (χ1n) is 5.93. The van der Waals surface area contributed by atoms with Gasteiger partial charge in [0.2, 0.25) is 0 Å². The Morgan fingerprint density at radius 3 is 2.89 bits per heavy atom. The molecule has 5 nitrogen and oxygen atoms in total. The third kappa shape index (κ3) is 2.10. The second kappa shape index (κ2) is 4.80. The summed E-state index contributed by atoms with van der Waals surface area (Å²) in [6.45, 7) is 2.70. The highest BCUT2D eigenvalue weighted by molar-refractivity contribution is 6.00. The van der Waals surface area contributed by atoms with Crippen molar-refractivity contribution in [1.82, 2.24) is 10.4 Å². The van der Waals surface area contributed by atoms with Gasteiger partial charge in [0.05, 0.1) is 25.0 Å². The molecule has 2 heterocycles. The van der Waals surface area contributed by atoms with Crippen LogP contribution in [0.15, 0.2) is 35.1 Å². The number of hydrazine groups is 1. The maximum atomic E-state index is 12.2. The monoisotopic (exact) mass is 246 g/mol. The van der Waals surface area contributed by atoms with Gasteiger partial charge in [0, 0.05) is 24.2 Å². The number of carbonyl (C=O) groups is 1. The van der Waals surface area contributed by atoms with Crippen LogP contribution in [0.25, 0.3) is 11.1 Å². The molecule has 2 aliphatic heterocycles. The Labute approximate surface area is 105 Å². The van der Waals surface area contributed by atoms with Crippen molar-refractivity contribution in [1.29, 1.82) is 0 Å². The molecular formula is C13H14N2O3. The molecule has 3 aliphatic rings. The van der Waals surface area contributed by atoms with E-state index in [4.69, 9.17) is 9.15 Å². The molecule has 1 aliphatic carbocycles. The van der Waals surface area contributed by atoms with Crippen LogP contribution < -0.4 is 5.43 Å². The summed E-state index contributed by atoms with van der Waals surface area (Å²) >= 11 is 0. The molecule has 0 unspecified atom stereocenters. The average molecular weight is 246 g/mol. The molecule has 18 heavy (non-hydrogen) atoms. The van der Waals surface area contributed by atoms with E-state index < -0.39 is 0 Å². The van der Waals surface area contributed by atoms with Crippen molar-refractivity contribution in [3.8, 4) is 11.1 Å². The summed E-state index contributed by atoms with van der Waals surface area (Å²) < 4.78 is 10.4. The Morgan fingerprint density at radius 2 is 2.06 bits per heavy atom. The van der Waals surface area contributed by atoms with E-state index in [9.17, 15) is 4.79 Å². The van der Waals surface area contributed by atoms with E-state index in [1.54, 1.807) is 6.26 Å². The number of nitrogens with one attached hydrogen (secondary N) is 1. The van der Waals surface area contributed by atoms with Gasteiger partial charge in [-0.2, -0.15) is 0 Å². The first-order valence-corrected chi connectivity index (χ1v) is 5.93. The molecule has 0 spiro atoms. The van der Waals surface area contributed by atoms with E-state index in [2.05, 4.69) is 5.43 Å². The number of morpholine rings is 1. The highest BCUT2D eigenvalue weighted by Crippen LogP contribution is 2.26. The number of rotatable bonds is 2. The summed E-state index contributed by atoms with van der Waals surface area (Å²) in [4.78, 5) is 12.2. The summed E-state index contributed by atoms with van der Waals surface area (Å²) in [6, 6.07) is 5.75. The van der Waals surface area contributed by atoms with Crippen molar-refractivity contribution >= 4 is 5.91 Å². The third-order valence-corrected chi connectivity index (χ3v) is 3.04. The van der Waals surface area contributed by atoms with Crippen molar-refractivity contribution < 1.29 is 13.9 Å². The lowest BCUT2D eigenvalue weighted by atomic mass is 10.1. The second-order valence-corrected chi connectivity index (χ2v) is 4.22. The first kappa shape index (κ1) is 11.3. The number of hydrogen-bond donors (Lipinski definition) is 1. The summed E-state index contributed by atoms with van der Waals surface area (Å²) in [5, 5.41) is 1.87. The van der Waals surface area contributed by atoms with E-state index in [1.807, 2.05) is 23.2 Å². The zero-order valence-electron chi connectivity index (χ0n) is 9.89. The quantitative estimate of drug-likeness (QED) is 0.869. The largest absolute Gasteiger partial charge is 0.471 e. The Bertz CT molecular complexity index is 517. The molecule has 0 saturated carbocycles. The molecule has 1 amide bonds. The smallest absolute Gasteiger partial charge is 0.269 e.